The zero-order chi connectivity index (χ0) is 54.6. The van der Waals surface area contributed by atoms with Gasteiger partial charge in [-0.05, 0) is 83.5 Å². The van der Waals surface area contributed by atoms with Crippen molar-refractivity contribution in [2.75, 3.05) is 19.8 Å². The van der Waals surface area contributed by atoms with E-state index in [0.29, 0.717) is 12.8 Å². The van der Waals surface area contributed by atoms with Crippen LogP contribution in [-0.4, -0.2) is 140 Å². The highest BCUT2D eigenvalue weighted by molar-refractivity contribution is 5.76. The molecule has 12 atom stereocenters. The van der Waals surface area contributed by atoms with Crippen molar-refractivity contribution in [3.05, 3.63) is 97.2 Å². The van der Waals surface area contributed by atoms with E-state index < -0.39 is 86.8 Å². The summed E-state index contributed by atoms with van der Waals surface area (Å²) in [5.74, 6) is -0.260. The van der Waals surface area contributed by atoms with Crippen LogP contribution in [-0.2, 0) is 23.7 Å². The smallest absolute Gasteiger partial charge is 0.220 e. The second-order valence-corrected chi connectivity index (χ2v) is 20.0. The molecule has 2 rings (SSSR count). The van der Waals surface area contributed by atoms with Gasteiger partial charge in [0, 0.05) is 6.42 Å². The molecular weight excluding hydrogens is 955 g/mol. The van der Waals surface area contributed by atoms with Gasteiger partial charge in [0.05, 0.1) is 32.0 Å². The highest BCUT2D eigenvalue weighted by atomic mass is 16.7. The molecule has 0 spiro atoms. The molecule has 14 nitrogen and oxygen atoms in total. The lowest BCUT2D eigenvalue weighted by Gasteiger charge is -2.46. The number of ether oxygens (including phenoxy) is 4. The number of carbonyl (C=O) groups excluding carboxylic acids is 1. The third-order valence-corrected chi connectivity index (χ3v) is 13.5. The zero-order valence-electron chi connectivity index (χ0n) is 46.0. The number of hydrogen-bond acceptors (Lipinski definition) is 13. The molecule has 0 aromatic carbocycles. The topological polar surface area (TPSA) is 228 Å². The Morgan fingerprint density at radius 3 is 1.47 bits per heavy atom. The van der Waals surface area contributed by atoms with E-state index in [9.17, 15) is 45.6 Å². The minimum Gasteiger partial charge on any atom is -0.394 e. The molecule has 0 aliphatic carbocycles. The van der Waals surface area contributed by atoms with Crippen LogP contribution in [0.4, 0.5) is 0 Å². The predicted molar refractivity (Wildman–Crippen MR) is 299 cm³/mol. The summed E-state index contributed by atoms with van der Waals surface area (Å²) in [7, 11) is 0. The Morgan fingerprint density at radius 1 is 0.493 bits per heavy atom. The largest absolute Gasteiger partial charge is 0.394 e. The lowest BCUT2D eigenvalue weighted by Crippen LogP contribution is -2.65. The molecule has 0 bridgehead atoms. The lowest BCUT2D eigenvalue weighted by atomic mass is 9.97. The quantitative estimate of drug-likeness (QED) is 0.0205. The maximum Gasteiger partial charge on any atom is 0.220 e. The summed E-state index contributed by atoms with van der Waals surface area (Å²) >= 11 is 0. The van der Waals surface area contributed by atoms with Crippen LogP contribution in [0.5, 0.6) is 0 Å². The number of amides is 1. The SMILES string of the molecule is CC/C=C\C/C=C\C/C=C\C/C=C\C/C=C\C/C=C\CCCCCCCCCCCCC(=O)NC(COC1OC(CO)C(OC2OC(CO)C(O)C(O)C2O)C(O)C1O)C(O)/C=C/CC/C=C/CCCCCCCC. The van der Waals surface area contributed by atoms with Crippen LogP contribution in [0.3, 0.4) is 0 Å². The van der Waals surface area contributed by atoms with Gasteiger partial charge in [0.1, 0.15) is 48.8 Å². The number of rotatable bonds is 44. The first-order chi connectivity index (χ1) is 36.6. The van der Waals surface area contributed by atoms with Crippen LogP contribution in [0.2, 0.25) is 0 Å². The minimum absolute atomic E-state index is 0.260. The van der Waals surface area contributed by atoms with Crippen molar-refractivity contribution < 1.29 is 64.6 Å². The fraction of sp³-hybridized carbons (Fsp3) is 0.721. The van der Waals surface area contributed by atoms with Crippen molar-refractivity contribution in [2.45, 2.75) is 261 Å². The molecule has 2 saturated heterocycles. The van der Waals surface area contributed by atoms with Crippen LogP contribution in [0.1, 0.15) is 187 Å². The van der Waals surface area contributed by atoms with E-state index in [1.165, 1.54) is 77.0 Å². The summed E-state index contributed by atoms with van der Waals surface area (Å²) in [6.45, 7) is 2.62. The van der Waals surface area contributed by atoms with E-state index in [1.807, 2.05) is 6.08 Å². The van der Waals surface area contributed by atoms with Crippen molar-refractivity contribution in [1.82, 2.24) is 5.32 Å². The molecule has 9 N–H and O–H groups in total. The maximum atomic E-state index is 13.2. The summed E-state index contributed by atoms with van der Waals surface area (Å²) in [5, 5.41) is 86.9. The predicted octanol–water partition coefficient (Wildman–Crippen LogP) is 9.49. The molecule has 2 aliphatic rings. The second kappa shape index (κ2) is 45.9. The summed E-state index contributed by atoms with van der Waals surface area (Å²) in [4.78, 5) is 13.2. The Labute approximate surface area is 452 Å². The van der Waals surface area contributed by atoms with Gasteiger partial charge in [-0.2, -0.15) is 0 Å². The van der Waals surface area contributed by atoms with Gasteiger partial charge < -0.3 is 65.1 Å². The number of unbranched alkanes of at least 4 members (excludes halogenated alkanes) is 17. The molecule has 2 heterocycles. The summed E-state index contributed by atoms with van der Waals surface area (Å²) in [6, 6.07) is -0.939. The molecule has 1 amide bonds. The molecular formula is C61H103NO13. The molecule has 2 fully saturated rings. The Kier molecular flexibility index (Phi) is 41.6. The van der Waals surface area contributed by atoms with E-state index in [-0.39, 0.29) is 18.9 Å². The molecule has 0 aromatic rings. The van der Waals surface area contributed by atoms with Crippen LogP contribution >= 0.6 is 0 Å². The molecule has 0 aromatic heterocycles. The Hall–Kier alpha value is -3.09. The standard InChI is InChI=1S/C61H103NO13/c1-3-5-7-9-11-13-15-17-18-19-20-21-22-23-24-25-26-27-28-29-30-31-32-33-35-37-39-41-43-45-53(66)62-49(50(65)44-42-40-38-36-34-16-14-12-10-8-6-4-2)48-72-60-58(71)56(69)59(52(47-64)74-60)75-61-57(70)55(68)54(67)51(46-63)73-61/h5,7,11,13,17-18,20-21,23-24,26-27,34,36,42,44,49-52,54-61,63-65,67-71H,3-4,6,8-10,12,14-16,19,22,25,28-33,35,37-41,43,45-48H2,1-2H3,(H,62,66)/b7-5-,13-11-,18-17-,21-20-,24-23-,27-26-,36-34+,44-42+. The minimum atomic E-state index is -1.79. The second-order valence-electron chi connectivity index (χ2n) is 20.0. The van der Waals surface area contributed by atoms with Gasteiger partial charge in [0.2, 0.25) is 5.91 Å². The first-order valence-electron chi connectivity index (χ1n) is 29.0. The average molecular weight is 1060 g/mol. The average Bonchev–Trinajstić information content (AvgIpc) is 3.41. The van der Waals surface area contributed by atoms with Gasteiger partial charge in [0.25, 0.3) is 0 Å². The monoisotopic (exact) mass is 1060 g/mol. The van der Waals surface area contributed by atoms with Crippen LogP contribution in [0.15, 0.2) is 97.2 Å². The first-order valence-corrected chi connectivity index (χ1v) is 29.0. The molecule has 14 heteroatoms. The fourth-order valence-electron chi connectivity index (χ4n) is 8.84. The van der Waals surface area contributed by atoms with Crippen LogP contribution in [0.25, 0.3) is 0 Å². The van der Waals surface area contributed by atoms with Gasteiger partial charge >= 0.3 is 0 Å². The molecule has 0 radical (unpaired) electrons. The molecule has 2 aliphatic heterocycles. The highest BCUT2D eigenvalue weighted by Gasteiger charge is 2.51. The molecule has 75 heavy (non-hydrogen) atoms. The van der Waals surface area contributed by atoms with Crippen molar-refractivity contribution in [1.29, 1.82) is 0 Å². The van der Waals surface area contributed by atoms with Gasteiger partial charge in [-0.3, -0.25) is 4.79 Å². The lowest BCUT2D eigenvalue weighted by molar-refractivity contribution is -0.359. The molecule has 0 saturated carbocycles. The van der Waals surface area contributed by atoms with Gasteiger partial charge in [-0.1, -0.05) is 195 Å². The Bertz CT molecular complexity index is 1620. The van der Waals surface area contributed by atoms with Gasteiger partial charge in [-0.25, -0.2) is 0 Å². The zero-order valence-corrected chi connectivity index (χ0v) is 46.0. The summed E-state index contributed by atoms with van der Waals surface area (Å²) in [5.41, 5.74) is 0. The number of allylic oxidation sites excluding steroid dienone is 15. The van der Waals surface area contributed by atoms with Crippen molar-refractivity contribution in [2.24, 2.45) is 0 Å². The normalized spacial score (nSPS) is 25.8. The third kappa shape index (κ3) is 31.8. The number of hydrogen-bond donors (Lipinski definition) is 9. The summed E-state index contributed by atoms with van der Waals surface area (Å²) < 4.78 is 22.7. The number of nitrogens with one attached hydrogen (secondary N) is 1. The van der Waals surface area contributed by atoms with E-state index in [0.717, 1.165) is 77.0 Å². The Morgan fingerprint density at radius 2 is 0.933 bits per heavy atom. The van der Waals surface area contributed by atoms with E-state index in [1.54, 1.807) is 6.08 Å². The summed E-state index contributed by atoms with van der Waals surface area (Å²) in [6.07, 6.45) is 46.0. The maximum absolute atomic E-state index is 13.2. The Balaban J connectivity index is 1.72. The molecule has 430 valence electrons. The number of aliphatic hydroxyl groups is 8. The van der Waals surface area contributed by atoms with Crippen molar-refractivity contribution in [3.63, 3.8) is 0 Å². The van der Waals surface area contributed by atoms with Gasteiger partial charge in [0.15, 0.2) is 12.6 Å². The van der Waals surface area contributed by atoms with Crippen LogP contribution < -0.4 is 5.32 Å². The number of carbonyl (C=O) groups is 1. The van der Waals surface area contributed by atoms with E-state index in [2.05, 4.69) is 104 Å². The highest BCUT2D eigenvalue weighted by Crippen LogP contribution is 2.30. The fourth-order valence-corrected chi connectivity index (χ4v) is 8.84. The first kappa shape index (κ1) is 68.0. The van der Waals surface area contributed by atoms with Gasteiger partial charge in [-0.15, -0.1) is 0 Å². The van der Waals surface area contributed by atoms with E-state index >= 15 is 0 Å². The van der Waals surface area contributed by atoms with Crippen molar-refractivity contribution in [3.8, 4) is 0 Å². The van der Waals surface area contributed by atoms with E-state index in [4.69, 9.17) is 18.9 Å². The molecule has 12 unspecified atom stereocenters. The number of aliphatic hydroxyl groups excluding tert-OH is 8. The third-order valence-electron chi connectivity index (χ3n) is 13.5. The van der Waals surface area contributed by atoms with Crippen LogP contribution in [0, 0.1) is 0 Å². The van der Waals surface area contributed by atoms with Crippen molar-refractivity contribution >= 4 is 5.91 Å².